The van der Waals surface area contributed by atoms with Crippen LogP contribution in [-0.2, 0) is 0 Å². The molecule has 1 N–H and O–H groups in total. The van der Waals surface area contributed by atoms with Gasteiger partial charge in [0.05, 0.1) is 26.5 Å². The summed E-state index contributed by atoms with van der Waals surface area (Å²) in [7, 11) is 3.10. The predicted octanol–water partition coefficient (Wildman–Crippen LogP) is 1.37. The summed E-state index contributed by atoms with van der Waals surface area (Å²) in [6.45, 7) is 2.93. The summed E-state index contributed by atoms with van der Waals surface area (Å²) in [4.78, 5) is 16.8. The summed E-state index contributed by atoms with van der Waals surface area (Å²) in [5.74, 6) is 0.834. The van der Waals surface area contributed by atoms with Crippen molar-refractivity contribution in [3.05, 3.63) is 36.2 Å². The highest BCUT2D eigenvalue weighted by Gasteiger charge is 2.21. The highest BCUT2D eigenvalue weighted by molar-refractivity contribution is 5.32. The fourth-order valence-corrected chi connectivity index (χ4v) is 1.93. The van der Waals surface area contributed by atoms with Gasteiger partial charge in [-0.2, -0.15) is 4.98 Å². The molecule has 0 bridgehead atoms. The molecule has 0 aliphatic rings. The minimum absolute atomic E-state index is 0.181. The van der Waals surface area contributed by atoms with Crippen LogP contribution in [0.5, 0.6) is 11.8 Å². The van der Waals surface area contributed by atoms with Gasteiger partial charge in [0, 0.05) is 18.0 Å². The van der Waals surface area contributed by atoms with E-state index in [2.05, 4.69) is 32.2 Å². The van der Waals surface area contributed by atoms with E-state index >= 15 is 0 Å². The number of methoxy groups -OCH3 is 2. The Bertz CT molecular complexity index is 565. The van der Waals surface area contributed by atoms with Gasteiger partial charge in [-0.15, -0.1) is 0 Å². The highest BCUT2D eigenvalue weighted by Crippen LogP contribution is 2.27. The minimum atomic E-state index is -0.181. The highest BCUT2D eigenvalue weighted by atomic mass is 16.5. The third-order valence-corrected chi connectivity index (χ3v) is 2.93. The molecule has 1 unspecified atom stereocenters. The summed E-state index contributed by atoms with van der Waals surface area (Å²) in [5, 5.41) is 3.41. The monoisotopic (exact) mass is 289 g/mol. The van der Waals surface area contributed by atoms with Gasteiger partial charge >= 0.3 is 0 Å². The van der Waals surface area contributed by atoms with E-state index in [1.54, 1.807) is 32.8 Å². The van der Waals surface area contributed by atoms with Gasteiger partial charge < -0.3 is 14.8 Å². The first-order valence-electron chi connectivity index (χ1n) is 6.73. The zero-order valence-corrected chi connectivity index (χ0v) is 12.4. The number of hydrogen-bond donors (Lipinski definition) is 1. The smallest absolute Gasteiger partial charge is 0.240 e. The van der Waals surface area contributed by atoms with Crippen molar-refractivity contribution in [1.29, 1.82) is 0 Å². The molecule has 0 spiro atoms. The number of nitrogens with one attached hydrogen (secondary N) is 1. The van der Waals surface area contributed by atoms with Crippen molar-refractivity contribution in [2.24, 2.45) is 0 Å². The summed E-state index contributed by atoms with van der Waals surface area (Å²) in [5.41, 5.74) is 1.59. The lowest BCUT2D eigenvalue weighted by Gasteiger charge is -2.19. The molecule has 0 aliphatic heterocycles. The van der Waals surface area contributed by atoms with Crippen LogP contribution in [0.4, 0.5) is 0 Å². The molecule has 2 aromatic heterocycles. The maximum absolute atomic E-state index is 5.34. The fourth-order valence-electron chi connectivity index (χ4n) is 1.93. The molecule has 7 nitrogen and oxygen atoms in total. The number of ether oxygens (including phenoxy) is 2. The second-order valence-electron chi connectivity index (χ2n) is 4.37. The molecule has 2 heterocycles. The quantitative estimate of drug-likeness (QED) is 0.824. The van der Waals surface area contributed by atoms with Gasteiger partial charge in [0.15, 0.2) is 0 Å². The van der Waals surface area contributed by atoms with Crippen molar-refractivity contribution in [2.75, 3.05) is 20.8 Å². The first-order valence-corrected chi connectivity index (χ1v) is 6.73. The van der Waals surface area contributed by atoms with Gasteiger partial charge in [0.2, 0.25) is 11.8 Å². The molecule has 0 fully saturated rings. The van der Waals surface area contributed by atoms with Gasteiger partial charge in [-0.3, -0.25) is 0 Å². The second-order valence-corrected chi connectivity index (χ2v) is 4.37. The van der Waals surface area contributed by atoms with Gasteiger partial charge in [-0.25, -0.2) is 15.0 Å². The predicted molar refractivity (Wildman–Crippen MR) is 77.3 cm³/mol. The molecule has 2 aromatic rings. The second kappa shape index (κ2) is 7.49. The molecule has 0 amide bonds. The van der Waals surface area contributed by atoms with E-state index in [9.17, 15) is 0 Å². The molecule has 0 aromatic carbocycles. The summed E-state index contributed by atoms with van der Waals surface area (Å²) >= 11 is 0. The molecular formula is C14H19N5O2. The lowest BCUT2D eigenvalue weighted by molar-refractivity contribution is 0.352. The summed E-state index contributed by atoms with van der Waals surface area (Å²) in [6, 6.07) is -0.181. The molecule has 1 atom stereocenters. The zero-order valence-electron chi connectivity index (χ0n) is 12.4. The molecule has 0 aliphatic carbocycles. The van der Waals surface area contributed by atoms with Gasteiger partial charge in [0.25, 0.3) is 0 Å². The lowest BCUT2D eigenvalue weighted by atomic mass is 10.1. The number of aromatic nitrogens is 4. The maximum atomic E-state index is 5.34. The first kappa shape index (κ1) is 15.1. The van der Waals surface area contributed by atoms with Crippen LogP contribution in [-0.4, -0.2) is 40.7 Å². The molecule has 0 saturated carbocycles. The van der Waals surface area contributed by atoms with Gasteiger partial charge in [-0.1, -0.05) is 6.92 Å². The lowest BCUT2D eigenvalue weighted by Crippen LogP contribution is -2.25. The third kappa shape index (κ3) is 3.63. The van der Waals surface area contributed by atoms with E-state index in [1.165, 1.54) is 6.33 Å². The van der Waals surface area contributed by atoms with Crippen molar-refractivity contribution in [2.45, 2.75) is 19.4 Å². The Kier molecular flexibility index (Phi) is 5.39. The molecule has 0 radical (unpaired) electrons. The molecule has 7 heteroatoms. The SMILES string of the molecule is CCCNC(c1cncnc1)c1ncc(OC)nc1OC. The van der Waals surface area contributed by atoms with Gasteiger partial charge in [-0.05, 0) is 13.0 Å². The Morgan fingerprint density at radius 2 is 1.90 bits per heavy atom. The molecule has 112 valence electrons. The van der Waals surface area contributed by atoms with Crippen LogP contribution < -0.4 is 14.8 Å². The first-order chi connectivity index (χ1) is 10.3. The Labute approximate surface area is 123 Å². The van der Waals surface area contributed by atoms with Crippen molar-refractivity contribution >= 4 is 0 Å². The van der Waals surface area contributed by atoms with E-state index in [0.29, 0.717) is 17.5 Å². The average molecular weight is 289 g/mol. The van der Waals surface area contributed by atoms with E-state index in [1.807, 2.05) is 0 Å². The zero-order chi connectivity index (χ0) is 15.1. The van der Waals surface area contributed by atoms with Crippen LogP contribution in [0, 0.1) is 0 Å². The normalized spacial score (nSPS) is 12.0. The largest absolute Gasteiger partial charge is 0.480 e. The van der Waals surface area contributed by atoms with E-state index < -0.39 is 0 Å². The van der Waals surface area contributed by atoms with Crippen LogP contribution in [0.1, 0.15) is 30.6 Å². The number of rotatable bonds is 7. The van der Waals surface area contributed by atoms with E-state index in [0.717, 1.165) is 18.5 Å². The molecule has 0 saturated heterocycles. The topological polar surface area (TPSA) is 82.1 Å². The summed E-state index contributed by atoms with van der Waals surface area (Å²) < 4.78 is 10.4. The Morgan fingerprint density at radius 1 is 1.14 bits per heavy atom. The number of nitrogens with zero attached hydrogens (tertiary/aromatic N) is 4. The van der Waals surface area contributed by atoms with Crippen molar-refractivity contribution in [1.82, 2.24) is 25.3 Å². The van der Waals surface area contributed by atoms with Crippen molar-refractivity contribution < 1.29 is 9.47 Å². The van der Waals surface area contributed by atoms with Crippen LogP contribution in [0.3, 0.4) is 0 Å². The van der Waals surface area contributed by atoms with Crippen molar-refractivity contribution in [3.63, 3.8) is 0 Å². The molecule has 21 heavy (non-hydrogen) atoms. The standard InChI is InChI=1S/C14H19N5O2/c1-4-5-17-12(10-6-15-9-16-7-10)13-14(21-3)19-11(20-2)8-18-13/h6-9,12,17H,4-5H2,1-3H3. The van der Waals surface area contributed by atoms with Crippen LogP contribution in [0.25, 0.3) is 0 Å². The average Bonchev–Trinajstić information content (AvgIpc) is 2.56. The van der Waals surface area contributed by atoms with Crippen molar-refractivity contribution in [3.8, 4) is 11.8 Å². The minimum Gasteiger partial charge on any atom is -0.480 e. The van der Waals surface area contributed by atoms with Crippen LogP contribution >= 0.6 is 0 Å². The molecule has 2 rings (SSSR count). The summed E-state index contributed by atoms with van der Waals surface area (Å²) in [6.07, 6.45) is 7.58. The Hall–Kier alpha value is -2.28. The third-order valence-electron chi connectivity index (χ3n) is 2.93. The van der Waals surface area contributed by atoms with Crippen LogP contribution in [0.15, 0.2) is 24.9 Å². The maximum Gasteiger partial charge on any atom is 0.240 e. The Balaban J connectivity index is 2.41. The number of hydrogen-bond acceptors (Lipinski definition) is 7. The fraction of sp³-hybridized carbons (Fsp3) is 0.429. The molecular weight excluding hydrogens is 270 g/mol. The van der Waals surface area contributed by atoms with E-state index in [-0.39, 0.29) is 6.04 Å². The van der Waals surface area contributed by atoms with Gasteiger partial charge in [0.1, 0.15) is 12.0 Å². The Morgan fingerprint density at radius 3 is 2.52 bits per heavy atom. The van der Waals surface area contributed by atoms with E-state index in [4.69, 9.17) is 9.47 Å². The van der Waals surface area contributed by atoms with Crippen LogP contribution in [0.2, 0.25) is 0 Å².